The summed E-state index contributed by atoms with van der Waals surface area (Å²) < 4.78 is 7.78. The molecule has 0 aliphatic carbocycles. The van der Waals surface area contributed by atoms with E-state index in [1.807, 2.05) is 33.0 Å². The molecule has 17 heavy (non-hydrogen) atoms. The summed E-state index contributed by atoms with van der Waals surface area (Å²) in [7, 11) is 2.04. The highest BCUT2D eigenvalue weighted by Crippen LogP contribution is 2.22. The number of rotatable bonds is 4. The Hall–Kier alpha value is -1.16. The van der Waals surface area contributed by atoms with Crippen molar-refractivity contribution in [3.8, 4) is 5.75 Å². The van der Waals surface area contributed by atoms with Gasteiger partial charge in [-0.15, -0.1) is 0 Å². The Morgan fingerprint density at radius 2 is 2.18 bits per heavy atom. The lowest BCUT2D eigenvalue weighted by molar-refractivity contribution is 0.242. The van der Waals surface area contributed by atoms with Crippen LogP contribution in [0.5, 0.6) is 5.75 Å². The van der Waals surface area contributed by atoms with Gasteiger partial charge >= 0.3 is 0 Å². The van der Waals surface area contributed by atoms with Gasteiger partial charge in [-0.3, -0.25) is 0 Å². The van der Waals surface area contributed by atoms with Crippen LogP contribution in [0.1, 0.15) is 19.7 Å². The van der Waals surface area contributed by atoms with Crippen molar-refractivity contribution in [3.05, 3.63) is 24.0 Å². The van der Waals surface area contributed by atoms with E-state index in [9.17, 15) is 0 Å². The summed E-state index contributed by atoms with van der Waals surface area (Å²) in [6.45, 7) is 4.05. The molecule has 1 aromatic heterocycles. The van der Waals surface area contributed by atoms with Gasteiger partial charge in [0, 0.05) is 19.5 Å². The van der Waals surface area contributed by atoms with E-state index < -0.39 is 0 Å². The lowest BCUT2D eigenvalue weighted by Gasteiger charge is -2.09. The molecule has 0 unspecified atom stereocenters. The normalized spacial score (nSPS) is 11.4. The molecule has 0 aliphatic rings. The third-order valence-corrected chi connectivity index (χ3v) is 2.88. The van der Waals surface area contributed by atoms with E-state index in [-0.39, 0.29) is 6.10 Å². The fourth-order valence-electron chi connectivity index (χ4n) is 1.90. The molecule has 0 fully saturated rings. The minimum absolute atomic E-state index is 0.188. The fourth-order valence-corrected chi connectivity index (χ4v) is 2.10. The average molecular weight is 250 g/mol. The van der Waals surface area contributed by atoms with Crippen LogP contribution in [0, 0.1) is 0 Å². The molecule has 0 saturated heterocycles. The number of aryl methyl sites for hydroxylation is 2. The van der Waals surface area contributed by atoms with Crippen molar-refractivity contribution >= 4 is 23.7 Å². The molecule has 0 saturated carbocycles. The number of hydrogen-bond donors (Lipinski definition) is 1. The average Bonchev–Trinajstić information content (AvgIpc) is 2.55. The number of aromatic nitrogens is 2. The third-order valence-electron chi connectivity index (χ3n) is 2.65. The molecule has 0 amide bonds. The number of hydrogen-bond acceptors (Lipinski definition) is 3. The highest BCUT2D eigenvalue weighted by molar-refractivity contribution is 7.80. The van der Waals surface area contributed by atoms with Gasteiger partial charge in [0.1, 0.15) is 11.6 Å². The quantitative estimate of drug-likeness (QED) is 0.845. The van der Waals surface area contributed by atoms with E-state index in [0.29, 0.717) is 0 Å². The molecule has 0 atom stereocenters. The zero-order valence-electron chi connectivity index (χ0n) is 10.5. The summed E-state index contributed by atoms with van der Waals surface area (Å²) in [4.78, 5) is 4.60. The predicted octanol–water partition coefficient (Wildman–Crippen LogP) is 2.83. The molecule has 92 valence electrons. The number of imidazole rings is 1. The van der Waals surface area contributed by atoms with Crippen LogP contribution in [0.3, 0.4) is 0 Å². The molecular formula is C13H18N2OS. The number of benzene rings is 1. The molecule has 0 bridgehead atoms. The smallest absolute Gasteiger partial charge is 0.121 e. The Kier molecular flexibility index (Phi) is 3.62. The van der Waals surface area contributed by atoms with E-state index in [2.05, 4.69) is 28.2 Å². The Labute approximate surface area is 107 Å². The van der Waals surface area contributed by atoms with Crippen molar-refractivity contribution in [1.82, 2.24) is 9.55 Å². The van der Waals surface area contributed by atoms with Crippen molar-refractivity contribution in [2.45, 2.75) is 26.4 Å². The molecule has 2 aromatic rings. The van der Waals surface area contributed by atoms with Gasteiger partial charge in [-0.2, -0.15) is 12.6 Å². The Bertz CT molecular complexity index is 519. The summed E-state index contributed by atoms with van der Waals surface area (Å²) in [6, 6.07) is 6.05. The van der Waals surface area contributed by atoms with Crippen LogP contribution in [0.4, 0.5) is 0 Å². The van der Waals surface area contributed by atoms with E-state index in [0.717, 1.165) is 34.8 Å². The maximum atomic E-state index is 5.67. The first kappa shape index (κ1) is 12.3. The first-order valence-corrected chi connectivity index (χ1v) is 6.48. The second-order valence-electron chi connectivity index (χ2n) is 4.38. The van der Waals surface area contributed by atoms with Crippen LogP contribution in [0.15, 0.2) is 18.2 Å². The third kappa shape index (κ3) is 2.57. The van der Waals surface area contributed by atoms with Crippen LogP contribution in [-0.2, 0) is 13.5 Å². The highest BCUT2D eigenvalue weighted by atomic mass is 32.1. The fraction of sp³-hybridized carbons (Fsp3) is 0.462. The molecule has 3 nitrogen and oxygen atoms in total. The molecule has 2 rings (SSSR count). The van der Waals surface area contributed by atoms with Crippen LogP contribution < -0.4 is 4.74 Å². The van der Waals surface area contributed by atoms with Crippen LogP contribution in [0.25, 0.3) is 11.0 Å². The summed E-state index contributed by atoms with van der Waals surface area (Å²) in [5.41, 5.74) is 2.13. The van der Waals surface area contributed by atoms with E-state index in [4.69, 9.17) is 4.74 Å². The maximum absolute atomic E-state index is 5.67. The van der Waals surface area contributed by atoms with E-state index >= 15 is 0 Å². The standard InChI is InChI=1S/C13H18N2OS/c1-9(2)16-10-4-5-12-11(8-10)14-13(6-7-17)15(12)3/h4-5,8-9,17H,6-7H2,1-3H3. The van der Waals surface area contributed by atoms with Gasteiger partial charge in [0.15, 0.2) is 0 Å². The second kappa shape index (κ2) is 5.00. The maximum Gasteiger partial charge on any atom is 0.121 e. The van der Waals surface area contributed by atoms with Crippen molar-refractivity contribution in [3.63, 3.8) is 0 Å². The Morgan fingerprint density at radius 3 is 2.82 bits per heavy atom. The largest absolute Gasteiger partial charge is 0.491 e. The van der Waals surface area contributed by atoms with Crippen molar-refractivity contribution in [2.24, 2.45) is 7.05 Å². The predicted molar refractivity (Wildman–Crippen MR) is 74.0 cm³/mol. The SMILES string of the molecule is CC(C)Oc1ccc2c(c1)nc(CCS)n2C. The summed E-state index contributed by atoms with van der Waals surface area (Å²) in [5.74, 6) is 2.76. The molecule has 4 heteroatoms. The van der Waals surface area contributed by atoms with Crippen LogP contribution in [-0.4, -0.2) is 21.4 Å². The minimum atomic E-state index is 0.188. The summed E-state index contributed by atoms with van der Waals surface area (Å²) in [5, 5.41) is 0. The van der Waals surface area contributed by atoms with Crippen LogP contribution >= 0.6 is 12.6 Å². The van der Waals surface area contributed by atoms with Crippen molar-refractivity contribution in [2.75, 3.05) is 5.75 Å². The Balaban J connectivity index is 2.40. The first-order valence-electron chi connectivity index (χ1n) is 5.84. The number of ether oxygens (including phenoxy) is 1. The summed E-state index contributed by atoms with van der Waals surface area (Å²) in [6.07, 6.45) is 1.07. The number of nitrogens with zero attached hydrogens (tertiary/aromatic N) is 2. The Morgan fingerprint density at radius 1 is 1.41 bits per heavy atom. The van der Waals surface area contributed by atoms with Gasteiger partial charge < -0.3 is 9.30 Å². The lowest BCUT2D eigenvalue weighted by Crippen LogP contribution is -2.05. The zero-order chi connectivity index (χ0) is 12.4. The molecule has 0 N–H and O–H groups in total. The molecular weight excluding hydrogens is 232 g/mol. The van der Waals surface area contributed by atoms with Gasteiger partial charge in [-0.05, 0) is 31.7 Å². The molecule has 0 aliphatic heterocycles. The zero-order valence-corrected chi connectivity index (χ0v) is 11.4. The minimum Gasteiger partial charge on any atom is -0.491 e. The van der Waals surface area contributed by atoms with E-state index in [1.54, 1.807) is 0 Å². The topological polar surface area (TPSA) is 27.1 Å². The van der Waals surface area contributed by atoms with Gasteiger partial charge in [0.05, 0.1) is 17.1 Å². The summed E-state index contributed by atoms with van der Waals surface area (Å²) >= 11 is 4.25. The second-order valence-corrected chi connectivity index (χ2v) is 4.82. The molecule has 0 spiro atoms. The van der Waals surface area contributed by atoms with Gasteiger partial charge in [0.2, 0.25) is 0 Å². The monoisotopic (exact) mass is 250 g/mol. The molecule has 1 heterocycles. The van der Waals surface area contributed by atoms with Crippen molar-refractivity contribution < 1.29 is 4.74 Å². The highest BCUT2D eigenvalue weighted by Gasteiger charge is 2.08. The molecule has 1 aromatic carbocycles. The van der Waals surface area contributed by atoms with Crippen molar-refractivity contribution in [1.29, 1.82) is 0 Å². The van der Waals surface area contributed by atoms with Gasteiger partial charge in [0.25, 0.3) is 0 Å². The lowest BCUT2D eigenvalue weighted by atomic mass is 10.3. The van der Waals surface area contributed by atoms with Gasteiger partial charge in [-0.1, -0.05) is 0 Å². The van der Waals surface area contributed by atoms with Crippen LogP contribution in [0.2, 0.25) is 0 Å². The van der Waals surface area contributed by atoms with E-state index in [1.165, 1.54) is 0 Å². The molecule has 0 radical (unpaired) electrons. The van der Waals surface area contributed by atoms with Gasteiger partial charge in [-0.25, -0.2) is 4.98 Å². The number of fused-ring (bicyclic) bond motifs is 1. The first-order chi connectivity index (χ1) is 8.11. The number of thiol groups is 1.